The van der Waals surface area contributed by atoms with Gasteiger partial charge in [-0.25, -0.2) is 9.78 Å². The predicted octanol–water partition coefficient (Wildman–Crippen LogP) is 2.79. The number of ether oxygens (including phenoxy) is 1. The van der Waals surface area contributed by atoms with Gasteiger partial charge in [0.2, 0.25) is 0 Å². The van der Waals surface area contributed by atoms with Gasteiger partial charge in [0, 0.05) is 32.0 Å². The lowest BCUT2D eigenvalue weighted by molar-refractivity contribution is -0.384. The van der Waals surface area contributed by atoms with Gasteiger partial charge >= 0.3 is 11.7 Å². The highest BCUT2D eigenvalue weighted by Crippen LogP contribution is 2.22. The van der Waals surface area contributed by atoms with Crippen molar-refractivity contribution < 1.29 is 23.7 Å². The van der Waals surface area contributed by atoms with Gasteiger partial charge in [0.25, 0.3) is 11.6 Å². The van der Waals surface area contributed by atoms with Gasteiger partial charge in [-0.15, -0.1) is 11.3 Å². The van der Waals surface area contributed by atoms with E-state index >= 15 is 0 Å². The Morgan fingerprint density at radius 2 is 2.06 bits per heavy atom. The summed E-state index contributed by atoms with van der Waals surface area (Å²) in [5.41, 5.74) is 1.24. The maximum atomic E-state index is 12.0. The molecule has 0 aliphatic rings. The van der Waals surface area contributed by atoms with Crippen LogP contribution in [0.5, 0.6) is 0 Å². The van der Waals surface area contributed by atoms with Crippen LogP contribution in [0.4, 0.5) is 5.69 Å². The largest absolute Gasteiger partial charge is 0.456 e. The Bertz CT molecular complexity index is 1390. The van der Waals surface area contributed by atoms with Crippen molar-refractivity contribution in [3.8, 4) is 0 Å². The number of non-ortho nitro benzene ring substituents is 1. The van der Waals surface area contributed by atoms with Crippen LogP contribution >= 0.6 is 11.3 Å². The molecule has 0 fully saturated rings. The summed E-state index contributed by atoms with van der Waals surface area (Å²) in [4.78, 5) is 50.6. The van der Waals surface area contributed by atoms with E-state index < -0.39 is 29.2 Å². The lowest BCUT2D eigenvalue weighted by Gasteiger charge is -2.06. The number of aromatic nitrogens is 2. The Kier molecular flexibility index (Phi) is 6.97. The molecule has 1 amide bonds. The van der Waals surface area contributed by atoms with Gasteiger partial charge in [-0.05, 0) is 24.6 Å². The zero-order chi connectivity index (χ0) is 24.1. The first-order valence-electron chi connectivity index (χ1n) is 10.5. The molecule has 0 saturated heterocycles. The molecule has 176 valence electrons. The highest BCUT2D eigenvalue weighted by atomic mass is 32.1. The van der Waals surface area contributed by atoms with Crippen LogP contribution in [0.15, 0.2) is 51.7 Å². The standard InChI is InChI=1S/C22H20N4O7S/c27-19(23-10-9-20-24-15-4-1-2-5-18(15)34-20)13-32-21(28)6-3-11-25-16-8-7-14(26(30)31)12-17(16)33-22(25)29/h1-2,4-5,7-8,12H,3,6,9-11,13H2,(H,23,27). The van der Waals surface area contributed by atoms with Gasteiger partial charge in [0.1, 0.15) is 0 Å². The molecular formula is C22H20N4O7S. The van der Waals surface area contributed by atoms with Crippen LogP contribution in [0.3, 0.4) is 0 Å². The Morgan fingerprint density at radius 1 is 1.24 bits per heavy atom. The van der Waals surface area contributed by atoms with Gasteiger partial charge in [0.15, 0.2) is 12.2 Å². The molecule has 12 heteroatoms. The molecule has 34 heavy (non-hydrogen) atoms. The Morgan fingerprint density at radius 3 is 2.85 bits per heavy atom. The summed E-state index contributed by atoms with van der Waals surface area (Å²) in [5, 5.41) is 14.5. The maximum Gasteiger partial charge on any atom is 0.419 e. The lowest BCUT2D eigenvalue weighted by Crippen LogP contribution is -2.30. The third-order valence-electron chi connectivity index (χ3n) is 4.99. The zero-order valence-corrected chi connectivity index (χ0v) is 18.7. The van der Waals surface area contributed by atoms with Gasteiger partial charge in [-0.1, -0.05) is 12.1 Å². The summed E-state index contributed by atoms with van der Waals surface area (Å²) in [6.07, 6.45) is 0.838. The fourth-order valence-electron chi connectivity index (χ4n) is 3.37. The summed E-state index contributed by atoms with van der Waals surface area (Å²) in [5.74, 6) is -1.65. The summed E-state index contributed by atoms with van der Waals surface area (Å²) in [7, 11) is 0. The van der Waals surface area contributed by atoms with E-state index in [0.717, 1.165) is 15.2 Å². The average molecular weight is 484 g/mol. The van der Waals surface area contributed by atoms with Crippen molar-refractivity contribution in [3.05, 3.63) is 68.1 Å². The van der Waals surface area contributed by atoms with Gasteiger partial charge in [-0.3, -0.25) is 24.3 Å². The second-order valence-corrected chi connectivity index (χ2v) is 8.48. The molecule has 2 aromatic carbocycles. The number of nitrogens with one attached hydrogen (secondary N) is 1. The molecule has 4 rings (SSSR count). The minimum absolute atomic E-state index is 0.00885. The fourth-order valence-corrected chi connectivity index (χ4v) is 4.33. The highest BCUT2D eigenvalue weighted by molar-refractivity contribution is 7.18. The maximum absolute atomic E-state index is 12.0. The number of esters is 1. The monoisotopic (exact) mass is 484 g/mol. The van der Waals surface area contributed by atoms with E-state index in [1.165, 1.54) is 22.8 Å². The number of hydrogen-bond donors (Lipinski definition) is 1. The van der Waals surface area contributed by atoms with E-state index in [0.29, 0.717) is 18.5 Å². The normalized spacial score (nSPS) is 11.1. The number of oxazole rings is 1. The smallest absolute Gasteiger partial charge is 0.419 e. The third-order valence-corrected chi connectivity index (χ3v) is 6.08. The van der Waals surface area contributed by atoms with E-state index in [4.69, 9.17) is 9.15 Å². The number of rotatable bonds is 10. The number of thiazole rings is 1. The number of hydrogen-bond acceptors (Lipinski definition) is 9. The summed E-state index contributed by atoms with van der Waals surface area (Å²) in [6.45, 7) is 0.148. The number of fused-ring (bicyclic) bond motifs is 2. The van der Waals surface area contributed by atoms with Crippen LogP contribution in [0, 0.1) is 10.1 Å². The number of carbonyl (C=O) groups excluding carboxylic acids is 2. The Labute approximate surface area is 196 Å². The number of para-hydroxylation sites is 1. The van der Waals surface area contributed by atoms with E-state index in [-0.39, 0.29) is 30.7 Å². The predicted molar refractivity (Wildman–Crippen MR) is 124 cm³/mol. The van der Waals surface area contributed by atoms with Crippen LogP contribution in [0.2, 0.25) is 0 Å². The van der Waals surface area contributed by atoms with Crippen molar-refractivity contribution in [1.82, 2.24) is 14.9 Å². The lowest BCUT2D eigenvalue weighted by atomic mass is 10.2. The van der Waals surface area contributed by atoms with Crippen molar-refractivity contribution in [3.63, 3.8) is 0 Å². The second kappa shape index (κ2) is 10.3. The first-order chi connectivity index (χ1) is 16.4. The van der Waals surface area contributed by atoms with Crippen LogP contribution in [-0.2, 0) is 27.3 Å². The first kappa shape index (κ1) is 23.1. The molecule has 4 aromatic rings. The van der Waals surface area contributed by atoms with Crippen LogP contribution in [-0.4, -0.2) is 39.5 Å². The van der Waals surface area contributed by atoms with Gasteiger partial charge in [0.05, 0.1) is 31.7 Å². The summed E-state index contributed by atoms with van der Waals surface area (Å²) >= 11 is 1.57. The molecule has 0 aliphatic heterocycles. The first-order valence-corrected chi connectivity index (χ1v) is 11.3. The van der Waals surface area contributed by atoms with Gasteiger partial charge in [-0.2, -0.15) is 0 Å². The van der Waals surface area contributed by atoms with Crippen LogP contribution in [0.1, 0.15) is 17.8 Å². The molecule has 2 aromatic heterocycles. The number of carbonyl (C=O) groups is 2. The SMILES string of the molecule is O=C(COC(=O)CCCn1c(=O)oc2cc([N+](=O)[O-])ccc21)NCCc1nc2ccccc2s1. The number of benzene rings is 2. The topological polar surface area (TPSA) is 147 Å². The number of nitro benzene ring substituents is 1. The average Bonchev–Trinajstić information content (AvgIpc) is 3.37. The van der Waals surface area contributed by atoms with Crippen molar-refractivity contribution in [2.75, 3.05) is 13.2 Å². The minimum Gasteiger partial charge on any atom is -0.456 e. The third kappa shape index (κ3) is 5.46. The van der Waals surface area contributed by atoms with Crippen molar-refractivity contribution in [2.24, 2.45) is 0 Å². The fraction of sp³-hybridized carbons (Fsp3) is 0.273. The van der Waals surface area contributed by atoms with Crippen molar-refractivity contribution in [2.45, 2.75) is 25.8 Å². The van der Waals surface area contributed by atoms with E-state index in [9.17, 15) is 24.5 Å². The molecule has 1 N–H and O–H groups in total. The Balaban J connectivity index is 1.18. The quantitative estimate of drug-likeness (QED) is 0.205. The molecule has 0 unspecified atom stereocenters. The summed E-state index contributed by atoms with van der Waals surface area (Å²) in [6, 6.07) is 11.7. The molecule has 0 atom stereocenters. The zero-order valence-electron chi connectivity index (χ0n) is 17.9. The van der Waals surface area contributed by atoms with E-state index in [1.54, 1.807) is 11.3 Å². The second-order valence-electron chi connectivity index (χ2n) is 7.37. The number of nitrogens with zero attached hydrogens (tertiary/aromatic N) is 3. The highest BCUT2D eigenvalue weighted by Gasteiger charge is 2.15. The Hall–Kier alpha value is -4.06. The summed E-state index contributed by atoms with van der Waals surface area (Å²) < 4.78 is 12.4. The molecule has 0 radical (unpaired) electrons. The molecule has 0 bridgehead atoms. The van der Waals surface area contributed by atoms with E-state index in [1.807, 2.05) is 24.3 Å². The molecule has 2 heterocycles. The molecule has 11 nitrogen and oxygen atoms in total. The number of nitro groups is 1. The van der Waals surface area contributed by atoms with Crippen molar-refractivity contribution in [1.29, 1.82) is 0 Å². The number of amides is 1. The van der Waals surface area contributed by atoms with Gasteiger partial charge < -0.3 is 14.5 Å². The molecule has 0 saturated carbocycles. The van der Waals surface area contributed by atoms with Crippen LogP contribution < -0.4 is 11.1 Å². The molecule has 0 spiro atoms. The molecular weight excluding hydrogens is 464 g/mol. The van der Waals surface area contributed by atoms with E-state index in [2.05, 4.69) is 10.3 Å². The molecule has 0 aliphatic carbocycles. The minimum atomic E-state index is -0.670. The number of aryl methyl sites for hydroxylation is 1. The van der Waals surface area contributed by atoms with Crippen molar-refractivity contribution >= 4 is 50.2 Å². The van der Waals surface area contributed by atoms with Crippen LogP contribution in [0.25, 0.3) is 21.3 Å².